The molecular weight excluding hydrogens is 356 g/mol. The Hall–Kier alpha value is -3.25. The van der Waals surface area contributed by atoms with E-state index in [4.69, 9.17) is 12.2 Å². The van der Waals surface area contributed by atoms with Crippen molar-refractivity contribution in [1.82, 2.24) is 15.1 Å². The van der Waals surface area contributed by atoms with E-state index in [1.54, 1.807) is 17.0 Å². The van der Waals surface area contributed by atoms with Gasteiger partial charge in [-0.15, -0.1) is 0 Å². The monoisotopic (exact) mass is 374 g/mol. The fourth-order valence-corrected chi connectivity index (χ4v) is 3.45. The number of nitrogens with zero attached hydrogens (tertiary/aromatic N) is 3. The van der Waals surface area contributed by atoms with Crippen LogP contribution in [0, 0.1) is 13.8 Å². The third-order valence-corrected chi connectivity index (χ3v) is 4.56. The van der Waals surface area contributed by atoms with E-state index in [-0.39, 0.29) is 5.91 Å². The van der Waals surface area contributed by atoms with E-state index in [0.717, 1.165) is 28.1 Å². The summed E-state index contributed by atoms with van der Waals surface area (Å²) < 4.78 is 1.77. The second-order valence-corrected chi connectivity index (χ2v) is 6.92. The van der Waals surface area contributed by atoms with Crippen LogP contribution >= 0.6 is 12.2 Å². The van der Waals surface area contributed by atoms with Crippen molar-refractivity contribution in [3.8, 4) is 5.69 Å². The maximum atomic E-state index is 12.9. The zero-order chi connectivity index (χ0) is 19.0. The van der Waals surface area contributed by atoms with Crippen LogP contribution in [-0.4, -0.2) is 20.8 Å². The summed E-state index contributed by atoms with van der Waals surface area (Å²) in [5.41, 5.74) is 5.16. The number of carbonyl (C=O) groups excluding carboxylic acids is 1. The Morgan fingerprint density at radius 2 is 1.74 bits per heavy atom. The highest BCUT2D eigenvalue weighted by atomic mass is 32.1. The first kappa shape index (κ1) is 17.2. The molecule has 0 radical (unpaired) electrons. The van der Waals surface area contributed by atoms with Crippen LogP contribution in [0.4, 0.5) is 5.69 Å². The minimum absolute atomic E-state index is 0.169. The van der Waals surface area contributed by atoms with E-state index in [9.17, 15) is 4.79 Å². The van der Waals surface area contributed by atoms with Gasteiger partial charge in [-0.3, -0.25) is 9.69 Å². The van der Waals surface area contributed by atoms with E-state index in [0.29, 0.717) is 10.8 Å². The van der Waals surface area contributed by atoms with Gasteiger partial charge in [0, 0.05) is 11.8 Å². The van der Waals surface area contributed by atoms with Crippen LogP contribution in [0.3, 0.4) is 0 Å². The molecule has 0 unspecified atom stereocenters. The molecule has 1 aliphatic rings. The Kier molecular flexibility index (Phi) is 4.33. The number of amides is 1. The number of aromatic nitrogens is 2. The molecule has 2 heterocycles. The molecule has 0 bridgehead atoms. The smallest absolute Gasteiger partial charge is 0.281 e. The van der Waals surface area contributed by atoms with Gasteiger partial charge in [-0.05, 0) is 67.5 Å². The first-order chi connectivity index (χ1) is 13.0. The normalized spacial score (nSPS) is 15.5. The van der Waals surface area contributed by atoms with Crippen molar-refractivity contribution < 1.29 is 4.79 Å². The Bertz CT molecular complexity index is 1050. The lowest BCUT2D eigenvalue weighted by Gasteiger charge is -2.15. The van der Waals surface area contributed by atoms with Crippen LogP contribution in [0.25, 0.3) is 11.8 Å². The van der Waals surface area contributed by atoms with Gasteiger partial charge in [-0.25, -0.2) is 4.68 Å². The average molecular weight is 374 g/mol. The highest BCUT2D eigenvalue weighted by Crippen LogP contribution is 2.25. The number of anilines is 1. The number of rotatable bonds is 3. The Balaban J connectivity index is 1.63. The summed E-state index contributed by atoms with van der Waals surface area (Å²) in [6, 6.07) is 15.8. The number of hydrogen-bond donors (Lipinski definition) is 1. The van der Waals surface area contributed by atoms with Gasteiger partial charge < -0.3 is 5.32 Å². The molecule has 27 heavy (non-hydrogen) atoms. The lowest BCUT2D eigenvalue weighted by atomic mass is 10.1. The number of aryl methyl sites for hydroxylation is 2. The third kappa shape index (κ3) is 3.39. The van der Waals surface area contributed by atoms with Crippen LogP contribution in [0.5, 0.6) is 0 Å². The number of benzene rings is 2. The molecule has 0 spiro atoms. The molecule has 1 N–H and O–H groups in total. The van der Waals surface area contributed by atoms with Crippen LogP contribution < -0.4 is 10.2 Å². The van der Waals surface area contributed by atoms with E-state index >= 15 is 0 Å². The highest BCUT2D eigenvalue weighted by molar-refractivity contribution is 7.80. The van der Waals surface area contributed by atoms with E-state index in [2.05, 4.69) is 16.5 Å². The Morgan fingerprint density at radius 1 is 1.04 bits per heavy atom. The molecule has 134 valence electrons. The fourth-order valence-electron chi connectivity index (χ4n) is 3.15. The van der Waals surface area contributed by atoms with Crippen LogP contribution in [0.1, 0.15) is 16.7 Å². The number of carbonyl (C=O) groups is 1. The topological polar surface area (TPSA) is 50.2 Å². The second kappa shape index (κ2) is 6.81. The van der Waals surface area contributed by atoms with Gasteiger partial charge in [0.2, 0.25) is 0 Å². The molecule has 1 aliphatic heterocycles. The zero-order valence-corrected chi connectivity index (χ0v) is 15.8. The minimum Gasteiger partial charge on any atom is -0.327 e. The van der Waals surface area contributed by atoms with Gasteiger partial charge in [0.25, 0.3) is 5.91 Å². The second-order valence-electron chi connectivity index (χ2n) is 6.53. The average Bonchev–Trinajstić information content (AvgIpc) is 3.20. The highest BCUT2D eigenvalue weighted by Gasteiger charge is 2.32. The van der Waals surface area contributed by atoms with Crippen molar-refractivity contribution in [3.63, 3.8) is 0 Å². The Morgan fingerprint density at radius 3 is 2.44 bits per heavy atom. The van der Waals surface area contributed by atoms with Crippen LogP contribution in [0.15, 0.2) is 66.6 Å². The van der Waals surface area contributed by atoms with Gasteiger partial charge in [0.1, 0.15) is 5.70 Å². The number of para-hydroxylation sites is 1. The fraction of sp³-hybridized carbons (Fsp3) is 0.0952. The van der Waals surface area contributed by atoms with Gasteiger partial charge >= 0.3 is 0 Å². The van der Waals surface area contributed by atoms with Crippen LogP contribution in [0.2, 0.25) is 0 Å². The summed E-state index contributed by atoms with van der Waals surface area (Å²) in [5.74, 6) is -0.169. The van der Waals surface area contributed by atoms with Crippen molar-refractivity contribution in [2.24, 2.45) is 0 Å². The predicted molar refractivity (Wildman–Crippen MR) is 111 cm³/mol. The summed E-state index contributed by atoms with van der Waals surface area (Å²) in [6.45, 7) is 4.00. The van der Waals surface area contributed by atoms with Gasteiger partial charge in [-0.2, -0.15) is 5.10 Å². The molecular formula is C21H18N4OS. The molecule has 1 aromatic heterocycles. The molecule has 0 saturated carbocycles. The summed E-state index contributed by atoms with van der Waals surface area (Å²) >= 11 is 5.39. The molecule has 5 nitrogen and oxygen atoms in total. The number of nitrogens with one attached hydrogen (secondary N) is 1. The molecule has 6 heteroatoms. The van der Waals surface area contributed by atoms with Gasteiger partial charge in [-0.1, -0.05) is 24.3 Å². The first-order valence-corrected chi connectivity index (χ1v) is 8.97. The predicted octanol–water partition coefficient (Wildman–Crippen LogP) is 3.75. The largest absolute Gasteiger partial charge is 0.327 e. The molecule has 1 fully saturated rings. The summed E-state index contributed by atoms with van der Waals surface area (Å²) in [7, 11) is 0. The van der Waals surface area contributed by atoms with Crippen molar-refractivity contribution in [1.29, 1.82) is 0 Å². The minimum atomic E-state index is -0.169. The first-order valence-electron chi connectivity index (χ1n) is 8.57. The maximum Gasteiger partial charge on any atom is 0.281 e. The summed E-state index contributed by atoms with van der Waals surface area (Å²) in [5, 5.41) is 7.76. The van der Waals surface area contributed by atoms with E-state index in [1.165, 1.54) is 4.90 Å². The molecule has 0 atom stereocenters. The number of hydrogen-bond acceptors (Lipinski definition) is 3. The molecule has 4 rings (SSSR count). The maximum absolute atomic E-state index is 12.9. The van der Waals surface area contributed by atoms with Crippen molar-refractivity contribution in [2.75, 3.05) is 4.90 Å². The van der Waals surface area contributed by atoms with Gasteiger partial charge in [0.15, 0.2) is 5.11 Å². The standard InChI is InChI=1S/C21H18N4OS/c1-14-8-15(2)10-18(9-14)25-20(26)19(23-21(25)27)11-16-12-22-24(13-16)17-6-4-3-5-7-17/h3-13H,1-2H3,(H,23,27)/b19-11+. The van der Waals surface area contributed by atoms with Gasteiger partial charge in [0.05, 0.1) is 17.6 Å². The SMILES string of the molecule is Cc1cc(C)cc(N2C(=O)/C(=C\c3cnn(-c4ccccc4)c3)NC2=S)c1. The van der Waals surface area contributed by atoms with E-state index < -0.39 is 0 Å². The lowest BCUT2D eigenvalue weighted by molar-refractivity contribution is -0.113. The number of thiocarbonyl (C=S) groups is 1. The lowest BCUT2D eigenvalue weighted by Crippen LogP contribution is -2.30. The Labute approximate surface area is 162 Å². The molecule has 1 amide bonds. The summed E-state index contributed by atoms with van der Waals surface area (Å²) in [6.07, 6.45) is 5.36. The van der Waals surface area contributed by atoms with Crippen molar-refractivity contribution in [2.45, 2.75) is 13.8 Å². The van der Waals surface area contributed by atoms with E-state index in [1.807, 2.05) is 62.5 Å². The molecule has 2 aromatic carbocycles. The molecule has 1 saturated heterocycles. The van der Waals surface area contributed by atoms with Crippen molar-refractivity contribution in [3.05, 3.63) is 83.3 Å². The molecule has 0 aliphatic carbocycles. The van der Waals surface area contributed by atoms with Crippen LogP contribution in [-0.2, 0) is 4.79 Å². The third-order valence-electron chi connectivity index (χ3n) is 4.28. The summed E-state index contributed by atoms with van der Waals surface area (Å²) in [4.78, 5) is 14.4. The molecule has 3 aromatic rings. The van der Waals surface area contributed by atoms with Crippen molar-refractivity contribution >= 4 is 35.0 Å². The quantitative estimate of drug-likeness (QED) is 0.560. The zero-order valence-electron chi connectivity index (χ0n) is 15.0.